The Morgan fingerprint density at radius 1 is 1.38 bits per heavy atom. The molecule has 116 valence electrons. The summed E-state index contributed by atoms with van der Waals surface area (Å²) in [5, 5.41) is 0. The van der Waals surface area contributed by atoms with Gasteiger partial charge >= 0.3 is 0 Å². The highest BCUT2D eigenvalue weighted by Crippen LogP contribution is 2.26. The smallest absolute Gasteiger partial charge is 0.237 e. The highest BCUT2D eigenvalue weighted by molar-refractivity contribution is 5.79. The van der Waals surface area contributed by atoms with Crippen LogP contribution < -0.4 is 5.73 Å². The molecule has 0 aromatic heterocycles. The van der Waals surface area contributed by atoms with Crippen LogP contribution >= 0.6 is 0 Å². The Bertz CT molecular complexity index is 483. The lowest BCUT2D eigenvalue weighted by atomic mass is 10.1. The highest BCUT2D eigenvalue weighted by Gasteiger charge is 2.32. The third-order valence-corrected chi connectivity index (χ3v) is 4.05. The number of amides is 1. The van der Waals surface area contributed by atoms with Gasteiger partial charge in [-0.05, 0) is 51.3 Å². The first-order chi connectivity index (χ1) is 10.0. The minimum atomic E-state index is 0.248. The zero-order valence-corrected chi connectivity index (χ0v) is 13.4. The molecule has 0 unspecified atom stereocenters. The van der Waals surface area contributed by atoms with Gasteiger partial charge in [0.05, 0.1) is 6.54 Å². The van der Waals surface area contributed by atoms with Crippen LogP contribution in [0.1, 0.15) is 39.2 Å². The molecule has 0 saturated heterocycles. The fourth-order valence-electron chi connectivity index (χ4n) is 2.64. The molecule has 0 heterocycles. The molecule has 21 heavy (non-hydrogen) atoms. The van der Waals surface area contributed by atoms with Crippen LogP contribution in [0, 0.1) is 0 Å². The molecule has 1 saturated carbocycles. The summed E-state index contributed by atoms with van der Waals surface area (Å²) in [5.41, 5.74) is 7.77. The quantitative estimate of drug-likeness (QED) is 0.785. The molecule has 0 aliphatic heterocycles. The second-order valence-electron chi connectivity index (χ2n) is 6.15. The van der Waals surface area contributed by atoms with Crippen molar-refractivity contribution < 1.29 is 4.79 Å². The van der Waals surface area contributed by atoms with Crippen molar-refractivity contribution in [1.82, 2.24) is 9.80 Å². The molecule has 1 fully saturated rings. The molecule has 1 aromatic carbocycles. The number of anilines is 1. The van der Waals surface area contributed by atoms with Gasteiger partial charge in [-0.15, -0.1) is 0 Å². The van der Waals surface area contributed by atoms with Gasteiger partial charge in [-0.2, -0.15) is 0 Å². The minimum absolute atomic E-state index is 0.248. The molecular formula is C17H27N3O. The molecular weight excluding hydrogens is 262 g/mol. The predicted molar refractivity (Wildman–Crippen MR) is 86.8 cm³/mol. The van der Waals surface area contributed by atoms with Gasteiger partial charge in [-0.1, -0.05) is 12.1 Å². The van der Waals surface area contributed by atoms with Crippen molar-refractivity contribution in [2.45, 2.75) is 52.2 Å². The Morgan fingerprint density at radius 2 is 2.10 bits per heavy atom. The lowest BCUT2D eigenvalue weighted by Gasteiger charge is -2.29. The van der Waals surface area contributed by atoms with Crippen molar-refractivity contribution in [3.05, 3.63) is 29.8 Å². The Labute approximate surface area is 127 Å². The number of nitrogen functional groups attached to an aromatic ring is 1. The number of carbonyl (C=O) groups is 1. The van der Waals surface area contributed by atoms with E-state index in [0.29, 0.717) is 18.6 Å². The Morgan fingerprint density at radius 3 is 2.62 bits per heavy atom. The van der Waals surface area contributed by atoms with Gasteiger partial charge in [-0.3, -0.25) is 9.69 Å². The molecule has 0 atom stereocenters. The number of likely N-dealkylation sites (N-methyl/N-ethyl adjacent to an activating group) is 1. The SMILES string of the molecule is CCN(C(=O)CN(Cc1cccc(N)c1)C(C)C)C1CC1. The van der Waals surface area contributed by atoms with E-state index in [4.69, 9.17) is 5.73 Å². The Balaban J connectivity index is 2.00. The molecule has 0 bridgehead atoms. The third-order valence-electron chi connectivity index (χ3n) is 4.05. The number of nitrogens with two attached hydrogens (primary N) is 1. The molecule has 4 heteroatoms. The van der Waals surface area contributed by atoms with E-state index >= 15 is 0 Å². The molecule has 0 spiro atoms. The minimum Gasteiger partial charge on any atom is -0.399 e. The van der Waals surface area contributed by atoms with Crippen LogP contribution in [0.25, 0.3) is 0 Å². The zero-order valence-electron chi connectivity index (χ0n) is 13.4. The highest BCUT2D eigenvalue weighted by atomic mass is 16.2. The van der Waals surface area contributed by atoms with Crippen molar-refractivity contribution in [2.24, 2.45) is 0 Å². The monoisotopic (exact) mass is 289 g/mol. The van der Waals surface area contributed by atoms with Crippen LogP contribution in [-0.4, -0.2) is 40.9 Å². The van der Waals surface area contributed by atoms with Crippen molar-refractivity contribution >= 4 is 11.6 Å². The average molecular weight is 289 g/mol. The summed E-state index contributed by atoms with van der Waals surface area (Å²) in [4.78, 5) is 16.7. The fourth-order valence-corrected chi connectivity index (χ4v) is 2.64. The maximum Gasteiger partial charge on any atom is 0.237 e. The Kier molecular flexibility index (Phi) is 5.23. The van der Waals surface area contributed by atoms with E-state index in [-0.39, 0.29) is 5.91 Å². The van der Waals surface area contributed by atoms with E-state index in [0.717, 1.165) is 37.2 Å². The van der Waals surface area contributed by atoms with Gasteiger partial charge in [0.1, 0.15) is 0 Å². The van der Waals surface area contributed by atoms with Crippen molar-refractivity contribution in [3.8, 4) is 0 Å². The first kappa shape index (κ1) is 15.8. The summed E-state index contributed by atoms with van der Waals surface area (Å²) in [6, 6.07) is 8.72. The first-order valence-electron chi connectivity index (χ1n) is 7.89. The van der Waals surface area contributed by atoms with E-state index in [1.165, 1.54) is 0 Å². The summed E-state index contributed by atoms with van der Waals surface area (Å²) in [7, 11) is 0. The predicted octanol–water partition coefficient (Wildman–Crippen LogP) is 2.49. The molecule has 1 amide bonds. The van der Waals surface area contributed by atoms with Crippen LogP contribution in [0.5, 0.6) is 0 Å². The lowest BCUT2D eigenvalue weighted by Crippen LogP contribution is -2.43. The normalized spacial score (nSPS) is 14.7. The maximum atomic E-state index is 12.5. The summed E-state index contributed by atoms with van der Waals surface area (Å²) in [6.07, 6.45) is 2.33. The van der Waals surface area contributed by atoms with Crippen molar-refractivity contribution in [1.29, 1.82) is 0 Å². The molecule has 1 aliphatic rings. The van der Waals surface area contributed by atoms with Crippen LogP contribution in [-0.2, 0) is 11.3 Å². The summed E-state index contributed by atoms with van der Waals surface area (Å²) in [6.45, 7) is 8.38. The van der Waals surface area contributed by atoms with Gasteiger partial charge in [0, 0.05) is 30.9 Å². The van der Waals surface area contributed by atoms with Gasteiger partial charge < -0.3 is 10.6 Å². The number of hydrogen-bond donors (Lipinski definition) is 1. The van der Waals surface area contributed by atoms with E-state index in [9.17, 15) is 4.79 Å². The number of benzene rings is 1. The molecule has 4 nitrogen and oxygen atoms in total. The number of hydrogen-bond acceptors (Lipinski definition) is 3. The van der Waals surface area contributed by atoms with Crippen LogP contribution in [0.3, 0.4) is 0 Å². The van der Waals surface area contributed by atoms with E-state index < -0.39 is 0 Å². The van der Waals surface area contributed by atoms with E-state index in [2.05, 4.69) is 31.7 Å². The Hall–Kier alpha value is -1.55. The van der Waals surface area contributed by atoms with Crippen LogP contribution in [0.2, 0.25) is 0 Å². The summed E-state index contributed by atoms with van der Waals surface area (Å²) < 4.78 is 0. The largest absolute Gasteiger partial charge is 0.399 e. The molecule has 1 aromatic rings. The lowest BCUT2D eigenvalue weighted by molar-refractivity contribution is -0.133. The molecule has 0 radical (unpaired) electrons. The maximum absolute atomic E-state index is 12.5. The first-order valence-corrected chi connectivity index (χ1v) is 7.89. The van der Waals surface area contributed by atoms with Crippen molar-refractivity contribution in [2.75, 3.05) is 18.8 Å². The molecule has 2 N–H and O–H groups in total. The molecule has 2 rings (SSSR count). The summed E-state index contributed by atoms with van der Waals surface area (Å²) in [5.74, 6) is 0.248. The van der Waals surface area contributed by atoms with E-state index in [1.807, 2.05) is 23.1 Å². The third kappa shape index (κ3) is 4.46. The summed E-state index contributed by atoms with van der Waals surface area (Å²) >= 11 is 0. The van der Waals surface area contributed by atoms with Crippen molar-refractivity contribution in [3.63, 3.8) is 0 Å². The number of nitrogens with zero attached hydrogens (tertiary/aromatic N) is 2. The molecule has 1 aliphatic carbocycles. The van der Waals surface area contributed by atoms with Gasteiger partial charge in [0.15, 0.2) is 0 Å². The standard InChI is InChI=1S/C17H27N3O/c1-4-20(16-8-9-16)17(21)12-19(13(2)3)11-14-6-5-7-15(18)10-14/h5-7,10,13,16H,4,8-9,11-12,18H2,1-3H3. The van der Waals surface area contributed by atoms with E-state index in [1.54, 1.807) is 0 Å². The number of carbonyl (C=O) groups excluding carboxylic acids is 1. The second-order valence-corrected chi connectivity index (χ2v) is 6.15. The van der Waals surface area contributed by atoms with Crippen LogP contribution in [0.15, 0.2) is 24.3 Å². The topological polar surface area (TPSA) is 49.6 Å². The van der Waals surface area contributed by atoms with Crippen LogP contribution in [0.4, 0.5) is 5.69 Å². The second kappa shape index (κ2) is 6.94. The zero-order chi connectivity index (χ0) is 15.4. The van der Waals surface area contributed by atoms with Gasteiger partial charge in [0.2, 0.25) is 5.91 Å². The fraction of sp³-hybridized carbons (Fsp3) is 0.588. The van der Waals surface area contributed by atoms with Gasteiger partial charge in [-0.25, -0.2) is 0 Å². The average Bonchev–Trinajstić information content (AvgIpc) is 3.23. The van der Waals surface area contributed by atoms with Gasteiger partial charge in [0.25, 0.3) is 0 Å². The number of rotatable bonds is 7.